The van der Waals surface area contributed by atoms with E-state index in [0.29, 0.717) is 5.02 Å². The van der Waals surface area contributed by atoms with Crippen LogP contribution < -0.4 is 10.6 Å². The van der Waals surface area contributed by atoms with Crippen LogP contribution in [0.25, 0.3) is 0 Å². The normalized spacial score (nSPS) is 11.9. The number of hydrogen-bond donors (Lipinski definition) is 2. The lowest BCUT2D eigenvalue weighted by Crippen LogP contribution is -2.32. The molecule has 7 heteroatoms. The molecular weight excluding hydrogens is 389 g/mol. The first kappa shape index (κ1) is 19.9. The topological polar surface area (TPSA) is 41.1 Å². The molecule has 1 atom stereocenters. The van der Waals surface area contributed by atoms with E-state index < -0.39 is 29.0 Å². The summed E-state index contributed by atoms with van der Waals surface area (Å²) in [4.78, 5) is 12.2. The summed E-state index contributed by atoms with van der Waals surface area (Å²) in [6.45, 7) is -0.180. The maximum Gasteiger partial charge on any atom is 0.238 e. The molecule has 0 radical (unpaired) electrons. The zero-order valence-corrected chi connectivity index (χ0v) is 15.3. The molecule has 0 aromatic heterocycles. The van der Waals surface area contributed by atoms with E-state index >= 15 is 0 Å². The smallest absolute Gasteiger partial charge is 0.238 e. The van der Waals surface area contributed by atoms with Crippen LogP contribution in [-0.2, 0) is 4.79 Å². The van der Waals surface area contributed by atoms with Gasteiger partial charge >= 0.3 is 0 Å². The van der Waals surface area contributed by atoms with Gasteiger partial charge in [0.1, 0.15) is 0 Å². The van der Waals surface area contributed by atoms with Crippen molar-refractivity contribution in [3.05, 3.63) is 100 Å². The van der Waals surface area contributed by atoms with Crippen molar-refractivity contribution in [3.63, 3.8) is 0 Å². The predicted molar refractivity (Wildman–Crippen MR) is 103 cm³/mol. The van der Waals surface area contributed by atoms with Crippen LogP contribution in [0.1, 0.15) is 17.2 Å². The number of nitrogens with one attached hydrogen (secondary N) is 2. The van der Waals surface area contributed by atoms with Gasteiger partial charge in [-0.25, -0.2) is 13.2 Å². The molecule has 3 aromatic rings. The number of amides is 1. The first-order valence-electron chi connectivity index (χ1n) is 8.43. The van der Waals surface area contributed by atoms with E-state index in [0.717, 1.165) is 23.3 Å². The highest BCUT2D eigenvalue weighted by Crippen LogP contribution is 2.24. The molecule has 2 N–H and O–H groups in total. The van der Waals surface area contributed by atoms with E-state index in [1.807, 2.05) is 42.5 Å². The number of anilines is 1. The zero-order chi connectivity index (χ0) is 20.1. The molecule has 3 rings (SSSR count). The molecule has 0 aliphatic rings. The van der Waals surface area contributed by atoms with E-state index in [1.165, 1.54) is 0 Å². The Morgan fingerprint density at radius 1 is 0.857 bits per heavy atom. The van der Waals surface area contributed by atoms with Crippen molar-refractivity contribution in [2.24, 2.45) is 0 Å². The molecule has 1 unspecified atom stereocenters. The number of halogens is 4. The van der Waals surface area contributed by atoms with Gasteiger partial charge in [0.15, 0.2) is 17.5 Å². The van der Waals surface area contributed by atoms with Gasteiger partial charge in [0.2, 0.25) is 5.91 Å². The number of carbonyl (C=O) groups is 1. The summed E-state index contributed by atoms with van der Waals surface area (Å²) in [5, 5.41) is 5.92. The van der Waals surface area contributed by atoms with E-state index in [9.17, 15) is 18.0 Å². The lowest BCUT2D eigenvalue weighted by molar-refractivity contribution is -0.115. The van der Waals surface area contributed by atoms with Gasteiger partial charge in [-0.1, -0.05) is 54.1 Å². The van der Waals surface area contributed by atoms with E-state index in [1.54, 1.807) is 12.1 Å². The summed E-state index contributed by atoms with van der Waals surface area (Å²) in [6, 6.07) is 18.0. The molecule has 0 saturated carbocycles. The first-order valence-corrected chi connectivity index (χ1v) is 8.80. The summed E-state index contributed by atoms with van der Waals surface area (Å²) < 4.78 is 40.0. The van der Waals surface area contributed by atoms with Crippen LogP contribution in [0.3, 0.4) is 0 Å². The van der Waals surface area contributed by atoms with Crippen molar-refractivity contribution in [2.45, 2.75) is 6.04 Å². The van der Waals surface area contributed by atoms with Crippen molar-refractivity contribution in [1.29, 1.82) is 0 Å². The van der Waals surface area contributed by atoms with Crippen LogP contribution in [0.5, 0.6) is 0 Å². The molecule has 0 aliphatic heterocycles. The number of carbonyl (C=O) groups excluding carboxylic acids is 1. The Bertz CT molecular complexity index is 965. The number of hydrogen-bond acceptors (Lipinski definition) is 2. The molecule has 0 fully saturated rings. The third-order valence-electron chi connectivity index (χ3n) is 4.11. The molecule has 0 bridgehead atoms. The molecule has 1 amide bonds. The molecule has 0 aliphatic carbocycles. The van der Waals surface area contributed by atoms with Crippen molar-refractivity contribution in [2.75, 3.05) is 11.9 Å². The maximum atomic E-state index is 13.7. The third kappa shape index (κ3) is 4.71. The second kappa shape index (κ2) is 8.91. The van der Waals surface area contributed by atoms with Crippen LogP contribution >= 0.6 is 11.6 Å². The summed E-state index contributed by atoms with van der Waals surface area (Å²) in [6.07, 6.45) is 0. The van der Waals surface area contributed by atoms with Gasteiger partial charge in [-0.05, 0) is 35.4 Å². The minimum atomic E-state index is -1.63. The average Bonchev–Trinajstić information content (AvgIpc) is 2.71. The minimum absolute atomic E-state index is 0.180. The highest BCUT2D eigenvalue weighted by atomic mass is 35.5. The average molecular weight is 405 g/mol. The maximum absolute atomic E-state index is 13.7. The fourth-order valence-electron chi connectivity index (χ4n) is 2.74. The van der Waals surface area contributed by atoms with Gasteiger partial charge in [-0.15, -0.1) is 0 Å². The highest BCUT2D eigenvalue weighted by Gasteiger charge is 2.18. The fraction of sp³-hybridized carbons (Fsp3) is 0.0952. The van der Waals surface area contributed by atoms with Crippen LogP contribution in [0, 0.1) is 17.5 Å². The Hall–Kier alpha value is -2.83. The molecule has 0 spiro atoms. The van der Waals surface area contributed by atoms with Gasteiger partial charge in [0, 0.05) is 5.02 Å². The SMILES string of the molecule is O=C(CNC(c1ccccc1)c1ccc(Cl)cc1)Nc1ccc(F)c(F)c1F. The monoisotopic (exact) mass is 404 g/mol. The highest BCUT2D eigenvalue weighted by molar-refractivity contribution is 6.30. The Morgan fingerprint density at radius 3 is 2.18 bits per heavy atom. The van der Waals surface area contributed by atoms with Crippen LogP contribution in [-0.4, -0.2) is 12.5 Å². The van der Waals surface area contributed by atoms with Gasteiger partial charge in [0.25, 0.3) is 0 Å². The Kier molecular flexibility index (Phi) is 6.34. The summed E-state index contributed by atoms with van der Waals surface area (Å²) in [5.41, 5.74) is 1.37. The van der Waals surface area contributed by atoms with E-state index in [-0.39, 0.29) is 12.6 Å². The molecule has 3 nitrogen and oxygen atoms in total. The van der Waals surface area contributed by atoms with Crippen LogP contribution in [0.15, 0.2) is 66.7 Å². The minimum Gasteiger partial charge on any atom is -0.322 e. The lowest BCUT2D eigenvalue weighted by Gasteiger charge is -2.20. The van der Waals surface area contributed by atoms with Crippen molar-refractivity contribution < 1.29 is 18.0 Å². The largest absolute Gasteiger partial charge is 0.322 e. The van der Waals surface area contributed by atoms with E-state index in [2.05, 4.69) is 10.6 Å². The molecule has 144 valence electrons. The standard InChI is InChI=1S/C21H16ClF3N2O/c22-15-8-6-14(7-9-15)21(13-4-2-1-3-5-13)26-12-18(28)27-17-11-10-16(23)19(24)20(17)25/h1-11,21,26H,12H2,(H,27,28). The first-order chi connectivity index (χ1) is 13.5. The molecular formula is C21H16ClF3N2O. The summed E-state index contributed by atoms with van der Waals surface area (Å²) in [7, 11) is 0. The van der Waals surface area contributed by atoms with Crippen LogP contribution in [0.2, 0.25) is 5.02 Å². The predicted octanol–water partition coefficient (Wildman–Crippen LogP) is 5.08. The zero-order valence-electron chi connectivity index (χ0n) is 14.6. The van der Waals surface area contributed by atoms with Gasteiger partial charge in [-0.3, -0.25) is 10.1 Å². The van der Waals surface area contributed by atoms with Crippen LogP contribution in [0.4, 0.5) is 18.9 Å². The second-order valence-corrected chi connectivity index (χ2v) is 6.48. The van der Waals surface area contributed by atoms with Crippen molar-refractivity contribution >= 4 is 23.2 Å². The fourth-order valence-corrected chi connectivity index (χ4v) is 2.87. The Balaban J connectivity index is 1.74. The number of benzene rings is 3. The Morgan fingerprint density at radius 2 is 1.50 bits per heavy atom. The van der Waals surface area contributed by atoms with Crippen molar-refractivity contribution in [3.8, 4) is 0 Å². The molecule has 0 heterocycles. The summed E-state index contributed by atoms with van der Waals surface area (Å²) >= 11 is 5.94. The van der Waals surface area contributed by atoms with Gasteiger partial charge in [-0.2, -0.15) is 0 Å². The lowest BCUT2D eigenvalue weighted by atomic mass is 9.99. The summed E-state index contributed by atoms with van der Waals surface area (Å²) in [5.74, 6) is -4.99. The van der Waals surface area contributed by atoms with E-state index in [4.69, 9.17) is 11.6 Å². The quantitative estimate of drug-likeness (QED) is 0.563. The third-order valence-corrected chi connectivity index (χ3v) is 4.36. The Labute approximate surface area is 165 Å². The second-order valence-electron chi connectivity index (χ2n) is 6.05. The van der Waals surface area contributed by atoms with Gasteiger partial charge < -0.3 is 5.32 Å². The van der Waals surface area contributed by atoms with Gasteiger partial charge in [0.05, 0.1) is 18.3 Å². The molecule has 3 aromatic carbocycles. The molecule has 0 saturated heterocycles. The molecule has 28 heavy (non-hydrogen) atoms. The number of rotatable bonds is 6. The van der Waals surface area contributed by atoms with Crippen molar-refractivity contribution in [1.82, 2.24) is 5.32 Å².